The third-order valence-electron chi connectivity index (χ3n) is 0. The molecule has 0 aliphatic rings. The fourth-order valence-corrected chi connectivity index (χ4v) is 0. The Morgan fingerprint density at radius 1 is 0.857 bits per heavy atom. The topological polar surface area (TPSA) is 80.9 Å². The van der Waals surface area contributed by atoms with E-state index in [2.05, 4.69) is 0 Å². The number of rotatable bonds is 0. The molecule has 0 aromatic heterocycles. The Kier molecular flexibility index (Phi) is 12.0. The van der Waals surface area contributed by atoms with Crippen molar-refractivity contribution in [1.29, 1.82) is 0 Å². The van der Waals surface area contributed by atoms with Crippen molar-refractivity contribution < 1.29 is 19.2 Å². The number of hydrogen-bond acceptors (Lipinski definition) is 4. The van der Waals surface area contributed by atoms with Gasteiger partial charge in [0, 0.05) is 0 Å². The second-order valence-corrected chi connectivity index (χ2v) is 1.80. The molecule has 0 aromatic rings. The summed E-state index contributed by atoms with van der Waals surface area (Å²) in [7, 11) is -4.61. The molecule has 2 radical (unpaired) electrons. The van der Waals surface area contributed by atoms with Crippen LogP contribution < -0.4 is 0 Å². The largest absolute Gasteiger partial charge is 0.0149 e. The molecule has 0 bridgehead atoms. The SMILES string of the molecule is O[Si](O)(O)O.[PbH2].[SiH4]. The van der Waals surface area contributed by atoms with Gasteiger partial charge in [0.05, 0.1) is 0 Å². The summed E-state index contributed by atoms with van der Waals surface area (Å²) in [4.78, 5) is 29.3. The summed E-state index contributed by atoms with van der Waals surface area (Å²) in [6.45, 7) is 0. The summed E-state index contributed by atoms with van der Waals surface area (Å²) in [6.07, 6.45) is 0. The smallest absolute Gasteiger partial charge is 0.0149 e. The Labute approximate surface area is 66.5 Å². The van der Waals surface area contributed by atoms with Crippen molar-refractivity contribution in [2.75, 3.05) is 0 Å². The minimum absolute atomic E-state index is 0. The fraction of sp³-hybridized carbons (Fsp3) is 0. The monoisotopic (exact) mass is 338 g/mol. The van der Waals surface area contributed by atoms with Gasteiger partial charge in [0.1, 0.15) is 0 Å². The Morgan fingerprint density at radius 2 is 0.857 bits per heavy atom. The van der Waals surface area contributed by atoms with Crippen LogP contribution in [0.2, 0.25) is 0 Å². The van der Waals surface area contributed by atoms with Crippen LogP contribution >= 0.6 is 0 Å². The number of hydrogen-bond donors (Lipinski definition) is 4. The van der Waals surface area contributed by atoms with Gasteiger partial charge in [0.25, 0.3) is 0 Å². The molecule has 7 heavy (non-hydrogen) atoms. The van der Waals surface area contributed by atoms with Gasteiger partial charge >= 0.3 is 36.3 Å². The Morgan fingerprint density at radius 3 is 0.857 bits per heavy atom. The van der Waals surface area contributed by atoms with E-state index in [9.17, 15) is 0 Å². The van der Waals surface area contributed by atoms with Gasteiger partial charge in [0.2, 0.25) is 0 Å². The molecule has 4 N–H and O–H groups in total. The maximum atomic E-state index is 7.33. The van der Waals surface area contributed by atoms with Gasteiger partial charge in [-0.3, -0.25) is 0 Å². The molecule has 46 valence electrons. The second-order valence-electron chi connectivity index (χ2n) is 0.600. The molecule has 0 fully saturated rings. The maximum Gasteiger partial charge on any atom is -0.0149 e. The van der Waals surface area contributed by atoms with Crippen LogP contribution in [-0.2, 0) is 0 Å². The summed E-state index contributed by atoms with van der Waals surface area (Å²) in [5.74, 6) is 0. The zero-order chi connectivity index (χ0) is 4.50. The van der Waals surface area contributed by atoms with Crippen LogP contribution in [0.15, 0.2) is 0 Å². The summed E-state index contributed by atoms with van der Waals surface area (Å²) in [5, 5.41) is 0. The fourth-order valence-electron chi connectivity index (χ4n) is 0. The summed E-state index contributed by atoms with van der Waals surface area (Å²) >= 11 is 0. The first-order chi connectivity index (χ1) is 2.00. The van der Waals surface area contributed by atoms with E-state index in [1.807, 2.05) is 0 Å². The molecule has 4 nitrogen and oxygen atoms in total. The molecule has 0 rings (SSSR count). The van der Waals surface area contributed by atoms with Crippen LogP contribution in [0, 0.1) is 0 Å². The van der Waals surface area contributed by atoms with Crippen molar-refractivity contribution >= 4 is 47.3 Å². The molecule has 0 heterocycles. The molecule has 0 aliphatic heterocycles. The van der Waals surface area contributed by atoms with Gasteiger partial charge in [-0.2, -0.15) is 0 Å². The molecule has 0 spiro atoms. The first kappa shape index (κ1) is 15.7. The normalized spacial score (nSPS) is 8.57. The van der Waals surface area contributed by atoms with Gasteiger partial charge in [-0.1, -0.05) is 0 Å². The third-order valence-corrected chi connectivity index (χ3v) is 0. The molecule has 0 saturated carbocycles. The molecule has 0 aromatic carbocycles. The summed E-state index contributed by atoms with van der Waals surface area (Å²) < 4.78 is 0. The van der Waals surface area contributed by atoms with Crippen molar-refractivity contribution in [1.82, 2.24) is 0 Å². The van der Waals surface area contributed by atoms with Crippen molar-refractivity contribution in [3.05, 3.63) is 0 Å². The Balaban J connectivity index is -0.0000000800. The van der Waals surface area contributed by atoms with Crippen LogP contribution in [-0.4, -0.2) is 66.5 Å². The third kappa shape index (κ3) is 136. The molecule has 0 amide bonds. The van der Waals surface area contributed by atoms with E-state index in [-0.39, 0.29) is 38.3 Å². The first-order valence-corrected chi connectivity index (χ1v) is 2.68. The second kappa shape index (κ2) is 5.33. The van der Waals surface area contributed by atoms with E-state index in [0.29, 0.717) is 0 Å². The van der Waals surface area contributed by atoms with Gasteiger partial charge in [-0.05, 0) is 11.0 Å². The molecular formula is H10O4PbSi2. The van der Waals surface area contributed by atoms with Gasteiger partial charge in [0.15, 0.2) is 0 Å². The zero-order valence-corrected chi connectivity index (χ0v) is 9.49. The predicted octanol–water partition coefficient (Wildman–Crippen LogP) is -4.98. The van der Waals surface area contributed by atoms with E-state index in [0.717, 1.165) is 0 Å². The van der Waals surface area contributed by atoms with Crippen molar-refractivity contribution in [2.24, 2.45) is 0 Å². The van der Waals surface area contributed by atoms with E-state index in [1.165, 1.54) is 0 Å². The van der Waals surface area contributed by atoms with Crippen LogP contribution in [0.5, 0.6) is 0 Å². The van der Waals surface area contributed by atoms with E-state index in [4.69, 9.17) is 19.2 Å². The first-order valence-electron chi connectivity index (χ1n) is 0.894. The summed E-state index contributed by atoms with van der Waals surface area (Å²) in [5.41, 5.74) is 0. The standard InChI is InChI=1S/H4O4Si.Pb.H4Si.2H/c1-5(2,3)4;;;;/h1-4H;;1H4;;. The van der Waals surface area contributed by atoms with Gasteiger partial charge in [-0.25, -0.2) is 0 Å². The van der Waals surface area contributed by atoms with Crippen LogP contribution in [0.4, 0.5) is 0 Å². The van der Waals surface area contributed by atoms with E-state index in [1.54, 1.807) is 0 Å². The van der Waals surface area contributed by atoms with Crippen LogP contribution in [0.25, 0.3) is 0 Å². The molecular weight excluding hydrogens is 327 g/mol. The van der Waals surface area contributed by atoms with Crippen molar-refractivity contribution in [3.63, 3.8) is 0 Å². The average Bonchev–Trinajstić information content (AvgIpc) is 0.722. The van der Waals surface area contributed by atoms with Crippen molar-refractivity contribution in [2.45, 2.75) is 0 Å². The molecule has 0 aliphatic carbocycles. The van der Waals surface area contributed by atoms with E-state index < -0.39 is 9.05 Å². The van der Waals surface area contributed by atoms with Crippen LogP contribution in [0.1, 0.15) is 0 Å². The van der Waals surface area contributed by atoms with Gasteiger partial charge in [-0.15, -0.1) is 0 Å². The Hall–Kier alpha value is 1.20. The average molecular weight is 337 g/mol. The van der Waals surface area contributed by atoms with Crippen LogP contribution in [0.3, 0.4) is 0 Å². The predicted molar refractivity (Wildman–Crippen MR) is 34.5 cm³/mol. The summed E-state index contributed by atoms with van der Waals surface area (Å²) in [6, 6.07) is 0. The quantitative estimate of drug-likeness (QED) is 0.334. The van der Waals surface area contributed by atoms with Crippen molar-refractivity contribution in [3.8, 4) is 0 Å². The van der Waals surface area contributed by atoms with Gasteiger partial charge < -0.3 is 19.2 Å². The molecule has 7 heteroatoms. The van der Waals surface area contributed by atoms with E-state index >= 15 is 0 Å². The molecule has 0 atom stereocenters. The molecule has 0 saturated heterocycles. The minimum Gasteiger partial charge on any atom is -0.0149 e. The minimum atomic E-state index is -4.61. The Bertz CT molecular complexity index is 25.2. The molecule has 0 unspecified atom stereocenters. The zero-order valence-electron chi connectivity index (χ0n) is 3.00. The maximum absolute atomic E-state index is 7.33.